The van der Waals surface area contributed by atoms with Crippen molar-refractivity contribution in [2.75, 3.05) is 6.61 Å². The lowest BCUT2D eigenvalue weighted by Crippen LogP contribution is -2.10. The molecule has 0 amide bonds. The smallest absolute Gasteiger partial charge is 0.434 e. The van der Waals surface area contributed by atoms with Crippen molar-refractivity contribution in [3.05, 3.63) is 41.3 Å². The van der Waals surface area contributed by atoms with Crippen molar-refractivity contribution in [3.63, 3.8) is 0 Å². The van der Waals surface area contributed by atoms with Crippen LogP contribution in [0.25, 0.3) is 0 Å². The molecular weight excluding hydrogens is 214 g/mol. The average molecular weight is 224 g/mol. The van der Waals surface area contributed by atoms with Crippen molar-refractivity contribution < 1.29 is 19.2 Å². The van der Waals surface area contributed by atoms with Crippen LogP contribution in [0.1, 0.15) is 6.42 Å². The van der Waals surface area contributed by atoms with Crippen molar-refractivity contribution in [2.24, 2.45) is 0 Å². The van der Waals surface area contributed by atoms with E-state index in [1.54, 1.807) is 0 Å². The second kappa shape index (κ2) is 5.69. The molecule has 0 N–H and O–H groups in total. The molecule has 85 valence electrons. The molecule has 6 nitrogen and oxygen atoms in total. The molecule has 0 bridgehead atoms. The predicted octanol–water partition coefficient (Wildman–Crippen LogP) is 2.33. The van der Waals surface area contributed by atoms with Crippen LogP contribution in [0.5, 0.6) is 5.75 Å². The number of nitro benzene ring substituents is 1. The molecule has 1 aromatic carbocycles. The number of hydrogen-bond acceptors (Lipinski definition) is 5. The van der Waals surface area contributed by atoms with Crippen molar-refractivity contribution in [1.82, 2.24) is 0 Å². The Hall–Kier alpha value is -2.11. The second-order valence-corrected chi connectivity index (χ2v) is 2.81. The van der Waals surface area contributed by atoms with E-state index in [-0.39, 0.29) is 18.0 Å². The van der Waals surface area contributed by atoms with E-state index in [2.05, 4.69) is 11.7 Å². The van der Waals surface area contributed by atoms with Gasteiger partial charge in [-0.2, -0.15) is 0 Å². The number of non-ortho nitro benzene ring substituents is 1. The molecule has 1 radical (unpaired) electrons. The zero-order chi connectivity index (χ0) is 12.0. The molecule has 0 saturated carbocycles. The lowest BCUT2D eigenvalue weighted by atomic mass is 10.3. The normalized spacial score (nSPS) is 9.56. The van der Waals surface area contributed by atoms with Crippen LogP contribution in [-0.2, 0) is 4.74 Å². The van der Waals surface area contributed by atoms with Gasteiger partial charge in [0.15, 0.2) is 0 Å². The van der Waals surface area contributed by atoms with Gasteiger partial charge >= 0.3 is 6.16 Å². The molecule has 0 aliphatic carbocycles. The monoisotopic (exact) mass is 224 g/mol. The zero-order valence-corrected chi connectivity index (χ0v) is 8.42. The molecule has 0 unspecified atom stereocenters. The van der Waals surface area contributed by atoms with Gasteiger partial charge in [0.25, 0.3) is 5.69 Å². The summed E-state index contributed by atoms with van der Waals surface area (Å²) in [5, 5.41) is 10.3. The van der Waals surface area contributed by atoms with E-state index in [9.17, 15) is 14.9 Å². The zero-order valence-electron chi connectivity index (χ0n) is 8.42. The lowest BCUT2D eigenvalue weighted by Gasteiger charge is -2.03. The molecule has 0 heterocycles. The largest absolute Gasteiger partial charge is 0.513 e. The summed E-state index contributed by atoms with van der Waals surface area (Å²) in [7, 11) is 0. The highest BCUT2D eigenvalue weighted by atomic mass is 16.7. The highest BCUT2D eigenvalue weighted by Crippen LogP contribution is 2.17. The van der Waals surface area contributed by atoms with E-state index in [0.717, 1.165) is 0 Å². The maximum atomic E-state index is 11.0. The van der Waals surface area contributed by atoms with Crippen molar-refractivity contribution in [1.29, 1.82) is 0 Å². The summed E-state index contributed by atoms with van der Waals surface area (Å²) in [5.41, 5.74) is -0.0709. The number of carbonyl (C=O) groups excluding carboxylic acids is 1. The minimum absolute atomic E-state index is 0.0709. The summed E-state index contributed by atoms with van der Waals surface area (Å²) in [4.78, 5) is 20.8. The fourth-order valence-corrected chi connectivity index (χ4v) is 0.917. The van der Waals surface area contributed by atoms with Crippen LogP contribution < -0.4 is 4.74 Å². The quantitative estimate of drug-likeness (QED) is 0.339. The van der Waals surface area contributed by atoms with E-state index in [1.165, 1.54) is 24.3 Å². The highest BCUT2D eigenvalue weighted by Gasteiger charge is 2.08. The maximum absolute atomic E-state index is 11.0. The van der Waals surface area contributed by atoms with E-state index in [0.29, 0.717) is 6.42 Å². The summed E-state index contributed by atoms with van der Waals surface area (Å²) >= 11 is 0. The molecule has 0 fully saturated rings. The summed E-state index contributed by atoms with van der Waals surface area (Å²) in [6.07, 6.45) is -0.396. The first-order chi connectivity index (χ1) is 7.63. The minimum atomic E-state index is -0.850. The first-order valence-electron chi connectivity index (χ1n) is 4.52. The number of ether oxygens (including phenoxy) is 2. The number of nitro groups is 1. The third kappa shape index (κ3) is 3.56. The number of hydrogen-bond donors (Lipinski definition) is 0. The second-order valence-electron chi connectivity index (χ2n) is 2.81. The van der Waals surface area contributed by atoms with Crippen LogP contribution >= 0.6 is 0 Å². The van der Waals surface area contributed by atoms with Crippen molar-refractivity contribution >= 4 is 11.8 Å². The Morgan fingerprint density at radius 3 is 2.50 bits per heavy atom. The molecule has 16 heavy (non-hydrogen) atoms. The van der Waals surface area contributed by atoms with Crippen molar-refractivity contribution in [3.8, 4) is 5.75 Å². The van der Waals surface area contributed by atoms with Gasteiger partial charge in [-0.25, -0.2) is 4.79 Å². The van der Waals surface area contributed by atoms with Crippen molar-refractivity contribution in [2.45, 2.75) is 6.42 Å². The lowest BCUT2D eigenvalue weighted by molar-refractivity contribution is -0.384. The Balaban J connectivity index is 2.55. The number of rotatable bonds is 4. The van der Waals surface area contributed by atoms with E-state index >= 15 is 0 Å². The number of benzene rings is 1. The summed E-state index contributed by atoms with van der Waals surface area (Å²) in [6.45, 7) is 3.66. The van der Waals surface area contributed by atoms with Crippen LogP contribution in [0.2, 0.25) is 0 Å². The topological polar surface area (TPSA) is 78.7 Å². The molecule has 1 rings (SSSR count). The summed E-state index contributed by atoms with van der Waals surface area (Å²) in [5.74, 6) is 0.194. The number of carbonyl (C=O) groups is 1. The van der Waals surface area contributed by atoms with Gasteiger partial charge in [-0.3, -0.25) is 10.1 Å². The van der Waals surface area contributed by atoms with Crippen LogP contribution in [0.3, 0.4) is 0 Å². The molecule has 0 spiro atoms. The van der Waals surface area contributed by atoms with Gasteiger partial charge in [0, 0.05) is 12.1 Å². The van der Waals surface area contributed by atoms with Gasteiger partial charge in [0.05, 0.1) is 11.5 Å². The first-order valence-corrected chi connectivity index (χ1v) is 4.52. The highest BCUT2D eigenvalue weighted by molar-refractivity contribution is 5.63. The third-order valence-electron chi connectivity index (χ3n) is 1.61. The standard InChI is InChI=1S/C10H10NO5/c1-2-7-15-10(12)16-9-5-3-8(4-6-9)11(13)14/h3-6H,1-2,7H2. The third-order valence-corrected chi connectivity index (χ3v) is 1.61. The SMILES string of the molecule is [CH2]CCOC(=O)Oc1ccc([N+](=O)[O-])cc1. The molecule has 0 atom stereocenters. The van der Waals surface area contributed by atoms with Crippen LogP contribution in [0.15, 0.2) is 24.3 Å². The molecule has 6 heteroatoms. The minimum Gasteiger partial charge on any atom is -0.434 e. The molecule has 0 saturated heterocycles. The average Bonchev–Trinajstić information content (AvgIpc) is 2.27. The van der Waals surface area contributed by atoms with Gasteiger partial charge in [-0.15, -0.1) is 0 Å². The van der Waals surface area contributed by atoms with Gasteiger partial charge in [-0.1, -0.05) is 0 Å². The summed E-state index contributed by atoms with van der Waals surface area (Å²) in [6, 6.07) is 5.13. The maximum Gasteiger partial charge on any atom is 0.513 e. The Morgan fingerprint density at radius 1 is 1.38 bits per heavy atom. The van der Waals surface area contributed by atoms with Gasteiger partial charge in [0.2, 0.25) is 0 Å². The number of nitrogens with zero attached hydrogens (tertiary/aromatic N) is 1. The fourth-order valence-electron chi connectivity index (χ4n) is 0.917. The Morgan fingerprint density at radius 2 is 2.00 bits per heavy atom. The Labute approximate surface area is 91.9 Å². The molecule has 1 aromatic rings. The van der Waals surface area contributed by atoms with E-state index in [4.69, 9.17) is 4.74 Å². The van der Waals surface area contributed by atoms with Gasteiger partial charge < -0.3 is 9.47 Å². The molecular formula is C10H10NO5. The van der Waals surface area contributed by atoms with Crippen LogP contribution in [0.4, 0.5) is 10.5 Å². The first kappa shape index (κ1) is 12.0. The molecule has 0 aromatic heterocycles. The van der Waals surface area contributed by atoms with Crippen LogP contribution in [0, 0.1) is 17.0 Å². The van der Waals surface area contributed by atoms with Gasteiger partial charge in [-0.05, 0) is 25.5 Å². The van der Waals surface area contributed by atoms with E-state index < -0.39 is 11.1 Å². The Bertz CT molecular complexity index is 373. The van der Waals surface area contributed by atoms with E-state index in [1.807, 2.05) is 0 Å². The Kier molecular flexibility index (Phi) is 4.26. The fraction of sp³-hybridized carbons (Fsp3) is 0.200. The van der Waals surface area contributed by atoms with Gasteiger partial charge in [0.1, 0.15) is 5.75 Å². The van der Waals surface area contributed by atoms with Crippen LogP contribution in [-0.4, -0.2) is 17.7 Å². The predicted molar refractivity (Wildman–Crippen MR) is 55.0 cm³/mol. The summed E-state index contributed by atoms with van der Waals surface area (Å²) < 4.78 is 9.35. The molecule has 0 aliphatic heterocycles. The molecule has 0 aliphatic rings.